The van der Waals surface area contributed by atoms with Crippen molar-refractivity contribution in [2.75, 3.05) is 0 Å². The van der Waals surface area contributed by atoms with Gasteiger partial charge in [0, 0.05) is 0 Å². The molecule has 0 saturated heterocycles. The Morgan fingerprint density at radius 3 is 1.38 bits per heavy atom. The molecule has 21 heavy (non-hydrogen) atoms. The second-order valence-electron chi connectivity index (χ2n) is 5.50. The van der Waals surface area contributed by atoms with Crippen LogP contribution in [-0.4, -0.2) is 0 Å². The van der Waals surface area contributed by atoms with E-state index >= 15 is 0 Å². The van der Waals surface area contributed by atoms with E-state index in [9.17, 15) is 0 Å². The number of hydrogen-bond donors (Lipinski definition) is 0. The fourth-order valence-corrected chi connectivity index (χ4v) is 2.93. The van der Waals surface area contributed by atoms with Crippen molar-refractivity contribution in [2.45, 2.75) is 31.1 Å². The maximum Gasteiger partial charge on any atom is -0.0122 e. The van der Waals surface area contributed by atoms with Gasteiger partial charge in [-0.3, -0.25) is 0 Å². The van der Waals surface area contributed by atoms with Gasteiger partial charge in [0.05, 0.1) is 0 Å². The molecule has 2 aromatic rings. The number of benzene rings is 2. The molecule has 0 aliphatic rings. The van der Waals surface area contributed by atoms with Crippen molar-refractivity contribution in [3.63, 3.8) is 0 Å². The Bertz CT molecular complexity index is 487. The molecule has 0 spiro atoms. The van der Waals surface area contributed by atoms with E-state index in [-0.39, 0.29) is 0 Å². The number of allylic oxidation sites excluding steroid dienone is 2. The summed E-state index contributed by atoms with van der Waals surface area (Å²) in [5.41, 5.74) is 2.81. The van der Waals surface area contributed by atoms with Crippen LogP contribution >= 0.6 is 0 Å². The Balaban J connectivity index is 2.20. The highest BCUT2D eigenvalue weighted by atomic mass is 14.2. The molecule has 0 fully saturated rings. The van der Waals surface area contributed by atoms with E-state index < -0.39 is 0 Å². The molecule has 0 heteroatoms. The molecule has 0 N–H and O–H groups in total. The Morgan fingerprint density at radius 2 is 1.05 bits per heavy atom. The van der Waals surface area contributed by atoms with Crippen molar-refractivity contribution in [3.05, 3.63) is 97.1 Å². The Kier molecular flexibility index (Phi) is 6.02. The van der Waals surface area contributed by atoms with Crippen LogP contribution in [0.25, 0.3) is 0 Å². The molecule has 2 atom stereocenters. The summed E-state index contributed by atoms with van der Waals surface area (Å²) in [6.45, 7) is 7.86. The van der Waals surface area contributed by atoms with Crippen LogP contribution in [0.3, 0.4) is 0 Å². The Morgan fingerprint density at radius 1 is 0.667 bits per heavy atom. The Hall–Kier alpha value is -2.08. The molecule has 0 aliphatic heterocycles. The lowest BCUT2D eigenvalue weighted by Gasteiger charge is -2.23. The lowest BCUT2D eigenvalue weighted by Crippen LogP contribution is -2.06. The normalized spacial score (nSPS) is 13.3. The van der Waals surface area contributed by atoms with Crippen molar-refractivity contribution >= 4 is 0 Å². The topological polar surface area (TPSA) is 0 Å². The van der Waals surface area contributed by atoms with Gasteiger partial charge in [-0.05, 0) is 42.2 Å². The molecule has 2 aromatic carbocycles. The summed E-state index contributed by atoms with van der Waals surface area (Å²) in [6, 6.07) is 21.5. The van der Waals surface area contributed by atoms with E-state index in [0.717, 1.165) is 19.3 Å². The quantitative estimate of drug-likeness (QED) is 0.511. The zero-order valence-corrected chi connectivity index (χ0v) is 12.6. The molecule has 0 bridgehead atoms. The minimum atomic E-state index is 0.522. The summed E-state index contributed by atoms with van der Waals surface area (Å²) in [5, 5.41) is 0. The third kappa shape index (κ3) is 4.46. The molecule has 0 aliphatic carbocycles. The van der Waals surface area contributed by atoms with Gasteiger partial charge in [-0.15, -0.1) is 13.2 Å². The highest BCUT2D eigenvalue weighted by molar-refractivity contribution is 5.24. The fraction of sp³-hybridized carbons (Fsp3) is 0.238. The molecule has 0 nitrogen and oxygen atoms in total. The van der Waals surface area contributed by atoms with Crippen molar-refractivity contribution in [1.29, 1.82) is 0 Å². The zero-order chi connectivity index (χ0) is 14.9. The van der Waals surface area contributed by atoms with E-state index in [1.165, 1.54) is 11.1 Å². The maximum atomic E-state index is 3.93. The van der Waals surface area contributed by atoms with Gasteiger partial charge in [-0.2, -0.15) is 0 Å². The highest BCUT2D eigenvalue weighted by Gasteiger charge is 2.17. The fourth-order valence-electron chi connectivity index (χ4n) is 2.93. The molecule has 0 amide bonds. The largest absolute Gasteiger partial charge is 0.103 e. The third-order valence-electron chi connectivity index (χ3n) is 4.01. The molecule has 0 heterocycles. The van der Waals surface area contributed by atoms with E-state index in [1.807, 2.05) is 12.2 Å². The van der Waals surface area contributed by atoms with E-state index in [2.05, 4.69) is 73.8 Å². The zero-order valence-electron chi connectivity index (χ0n) is 12.6. The number of hydrogen-bond acceptors (Lipinski definition) is 0. The van der Waals surface area contributed by atoms with Crippen LogP contribution in [0.15, 0.2) is 86.0 Å². The van der Waals surface area contributed by atoms with Crippen LogP contribution in [0.5, 0.6) is 0 Å². The average Bonchev–Trinajstić information content (AvgIpc) is 2.55. The first-order valence-corrected chi connectivity index (χ1v) is 7.66. The lowest BCUT2D eigenvalue weighted by atomic mass is 9.82. The number of rotatable bonds is 8. The predicted octanol–water partition coefficient (Wildman–Crippen LogP) is 6.10. The van der Waals surface area contributed by atoms with Gasteiger partial charge in [0.1, 0.15) is 0 Å². The highest BCUT2D eigenvalue weighted by Crippen LogP contribution is 2.34. The minimum absolute atomic E-state index is 0.522. The summed E-state index contributed by atoms with van der Waals surface area (Å²) in [5.74, 6) is 1.04. The molecular formula is C21H24. The van der Waals surface area contributed by atoms with Gasteiger partial charge >= 0.3 is 0 Å². The van der Waals surface area contributed by atoms with Gasteiger partial charge < -0.3 is 0 Å². The molecule has 2 rings (SSSR count). The second kappa shape index (κ2) is 8.26. The van der Waals surface area contributed by atoms with E-state index in [1.54, 1.807) is 0 Å². The van der Waals surface area contributed by atoms with Crippen LogP contribution in [-0.2, 0) is 0 Å². The smallest absolute Gasteiger partial charge is 0.0122 e. The van der Waals surface area contributed by atoms with E-state index in [4.69, 9.17) is 0 Å². The molecule has 0 aromatic heterocycles. The van der Waals surface area contributed by atoms with Crippen molar-refractivity contribution < 1.29 is 0 Å². The van der Waals surface area contributed by atoms with Crippen molar-refractivity contribution in [1.82, 2.24) is 0 Å². The standard InChI is InChI=1S/C21H24/c1-3-11-20(18-13-7-5-8-14-18)17-21(12-4-2)19-15-9-6-10-16-19/h3-10,13-16,20-21H,1-2,11-12,17H2. The minimum Gasteiger partial charge on any atom is -0.103 e. The van der Waals surface area contributed by atoms with Gasteiger partial charge in [0.15, 0.2) is 0 Å². The SMILES string of the molecule is C=CCC(CC(CC=C)c1ccccc1)c1ccccc1. The van der Waals surface area contributed by atoms with Gasteiger partial charge in [-0.25, -0.2) is 0 Å². The summed E-state index contributed by atoms with van der Waals surface area (Å²) >= 11 is 0. The van der Waals surface area contributed by atoms with Gasteiger partial charge in [0.25, 0.3) is 0 Å². The van der Waals surface area contributed by atoms with E-state index in [0.29, 0.717) is 11.8 Å². The molecule has 0 saturated carbocycles. The monoisotopic (exact) mass is 276 g/mol. The molecule has 0 radical (unpaired) electrons. The third-order valence-corrected chi connectivity index (χ3v) is 4.01. The van der Waals surface area contributed by atoms with Crippen LogP contribution < -0.4 is 0 Å². The first-order valence-electron chi connectivity index (χ1n) is 7.66. The van der Waals surface area contributed by atoms with Crippen LogP contribution in [0.1, 0.15) is 42.2 Å². The summed E-state index contributed by atoms with van der Waals surface area (Å²) in [4.78, 5) is 0. The van der Waals surface area contributed by atoms with Crippen LogP contribution in [0, 0.1) is 0 Å². The van der Waals surface area contributed by atoms with Gasteiger partial charge in [0.2, 0.25) is 0 Å². The van der Waals surface area contributed by atoms with Gasteiger partial charge in [-0.1, -0.05) is 72.8 Å². The van der Waals surface area contributed by atoms with Crippen molar-refractivity contribution in [2.24, 2.45) is 0 Å². The molecule has 108 valence electrons. The maximum absolute atomic E-state index is 3.93. The van der Waals surface area contributed by atoms with Crippen LogP contribution in [0.4, 0.5) is 0 Å². The first-order chi connectivity index (χ1) is 10.3. The molecular weight excluding hydrogens is 252 g/mol. The first kappa shape index (κ1) is 15.3. The average molecular weight is 276 g/mol. The summed E-state index contributed by atoms with van der Waals surface area (Å²) < 4.78 is 0. The van der Waals surface area contributed by atoms with Crippen LogP contribution in [0.2, 0.25) is 0 Å². The lowest BCUT2D eigenvalue weighted by molar-refractivity contribution is 0.537. The predicted molar refractivity (Wildman–Crippen MR) is 92.6 cm³/mol. The summed E-state index contributed by atoms with van der Waals surface area (Å²) in [7, 11) is 0. The molecule has 2 unspecified atom stereocenters. The second-order valence-corrected chi connectivity index (χ2v) is 5.50. The van der Waals surface area contributed by atoms with Crippen molar-refractivity contribution in [3.8, 4) is 0 Å². The Labute approximate surface area is 128 Å². The summed E-state index contributed by atoms with van der Waals surface area (Å²) in [6.07, 6.45) is 7.24.